The fourth-order valence-corrected chi connectivity index (χ4v) is 3.74. The first-order valence-electron chi connectivity index (χ1n) is 9.42. The van der Waals surface area contributed by atoms with E-state index in [1.807, 2.05) is 50.3 Å². The van der Waals surface area contributed by atoms with Crippen molar-refractivity contribution in [2.24, 2.45) is 5.92 Å². The van der Waals surface area contributed by atoms with Gasteiger partial charge in [-0.25, -0.2) is 13.1 Å². The average Bonchev–Trinajstić information content (AvgIpc) is 2.66. The molecule has 1 atom stereocenters. The fourth-order valence-electron chi connectivity index (χ4n) is 2.49. The monoisotopic (exact) mass is 399 g/mol. The molecule has 28 heavy (non-hydrogen) atoms. The molecule has 0 aliphatic carbocycles. The Morgan fingerprint density at radius 1 is 1.11 bits per heavy atom. The molecular weight excluding hydrogens is 370 g/mol. The van der Waals surface area contributed by atoms with Crippen LogP contribution in [0.4, 0.5) is 0 Å². The molecule has 0 aliphatic heterocycles. The van der Waals surface area contributed by atoms with Crippen LogP contribution in [0.15, 0.2) is 76.9 Å². The summed E-state index contributed by atoms with van der Waals surface area (Å²) in [7, 11) is -3.66. The van der Waals surface area contributed by atoms with E-state index in [0.29, 0.717) is 12.5 Å². The van der Waals surface area contributed by atoms with Crippen LogP contribution in [-0.2, 0) is 21.4 Å². The molecule has 0 saturated carbocycles. The number of aryl methyl sites for hydroxylation is 1. The Balaban J connectivity index is 2.17. The van der Waals surface area contributed by atoms with Crippen LogP contribution in [0, 0.1) is 12.8 Å². The van der Waals surface area contributed by atoms with E-state index in [0.717, 1.165) is 16.7 Å². The highest BCUT2D eigenvalue weighted by atomic mass is 32.2. The number of nitrogens with one attached hydrogen (secondary N) is 1. The van der Waals surface area contributed by atoms with Crippen molar-refractivity contribution in [1.82, 2.24) is 4.72 Å². The number of hydrogen-bond acceptors (Lipinski definition) is 3. The van der Waals surface area contributed by atoms with Crippen molar-refractivity contribution in [2.45, 2.75) is 45.2 Å². The molecule has 0 bridgehead atoms. The first kappa shape index (κ1) is 22.1. The van der Waals surface area contributed by atoms with Gasteiger partial charge in [-0.2, -0.15) is 0 Å². The maximum Gasteiger partial charge on any atom is 0.241 e. The minimum absolute atomic E-state index is 0.227. The predicted octanol–water partition coefficient (Wildman–Crippen LogP) is 4.62. The lowest BCUT2D eigenvalue weighted by molar-refractivity contribution is 0.111. The summed E-state index contributed by atoms with van der Waals surface area (Å²) >= 11 is 0. The zero-order valence-corrected chi connectivity index (χ0v) is 17.8. The van der Waals surface area contributed by atoms with Crippen molar-refractivity contribution in [2.75, 3.05) is 6.61 Å². The van der Waals surface area contributed by atoms with Crippen LogP contribution in [0.5, 0.6) is 0 Å². The third-order valence-electron chi connectivity index (χ3n) is 4.19. The standard InChI is InChI=1S/C23H29NO3S/c1-18(2)10-13-20(4)23(17-27-16-21-8-6-5-7-9-21)24-28(25,26)22-14-11-19(3)12-15-22/h5-12,14-15,18,23-24H,16-17H2,1-4H3/t13?,23-/m0/s1. The van der Waals surface area contributed by atoms with Crippen LogP contribution in [0.3, 0.4) is 0 Å². The Morgan fingerprint density at radius 3 is 2.36 bits per heavy atom. The van der Waals surface area contributed by atoms with Crippen LogP contribution < -0.4 is 4.72 Å². The molecule has 0 aliphatic rings. The van der Waals surface area contributed by atoms with Gasteiger partial charge in [-0.05, 0) is 49.1 Å². The van der Waals surface area contributed by atoms with E-state index < -0.39 is 16.1 Å². The number of sulfonamides is 1. The first-order chi connectivity index (χ1) is 13.3. The average molecular weight is 400 g/mol. The van der Waals surface area contributed by atoms with Crippen molar-refractivity contribution in [3.63, 3.8) is 0 Å². The number of rotatable bonds is 9. The third-order valence-corrected chi connectivity index (χ3v) is 5.68. The van der Waals surface area contributed by atoms with Crippen molar-refractivity contribution in [3.8, 4) is 0 Å². The predicted molar refractivity (Wildman–Crippen MR) is 113 cm³/mol. The van der Waals surface area contributed by atoms with Gasteiger partial charge in [0.1, 0.15) is 0 Å². The molecule has 4 nitrogen and oxygen atoms in total. The molecule has 0 unspecified atom stereocenters. The van der Waals surface area contributed by atoms with E-state index in [1.54, 1.807) is 24.3 Å². The van der Waals surface area contributed by atoms with E-state index in [9.17, 15) is 8.42 Å². The van der Waals surface area contributed by atoms with Crippen LogP contribution in [0.1, 0.15) is 31.9 Å². The molecule has 1 N–H and O–H groups in total. The SMILES string of the molecule is CC(=C=CC(C)C)[C@H](COCc1ccccc1)NS(=O)(=O)c1ccc(C)cc1. The minimum Gasteiger partial charge on any atom is -0.375 e. The third kappa shape index (κ3) is 7.10. The molecule has 0 radical (unpaired) electrons. The topological polar surface area (TPSA) is 55.4 Å². The number of hydrogen-bond donors (Lipinski definition) is 1. The smallest absolute Gasteiger partial charge is 0.241 e. The second-order valence-corrected chi connectivity index (χ2v) is 8.94. The summed E-state index contributed by atoms with van der Waals surface area (Å²) in [5.41, 5.74) is 6.04. The Labute approximate surface area is 169 Å². The van der Waals surface area contributed by atoms with Gasteiger partial charge in [-0.3, -0.25) is 0 Å². The van der Waals surface area contributed by atoms with E-state index in [1.165, 1.54) is 0 Å². The van der Waals surface area contributed by atoms with E-state index in [4.69, 9.17) is 4.74 Å². The molecular formula is C23H29NO3S. The molecule has 5 heteroatoms. The second kappa shape index (κ2) is 10.4. The molecule has 0 amide bonds. The Morgan fingerprint density at radius 2 is 1.75 bits per heavy atom. The summed E-state index contributed by atoms with van der Waals surface area (Å²) in [5, 5.41) is 0. The Bertz CT molecular complexity index is 910. The van der Waals surface area contributed by atoms with Gasteiger partial charge in [0.15, 0.2) is 0 Å². The van der Waals surface area contributed by atoms with Gasteiger partial charge < -0.3 is 4.74 Å². The number of benzene rings is 2. The zero-order valence-electron chi connectivity index (χ0n) is 17.0. The van der Waals surface area contributed by atoms with Gasteiger partial charge in [0.2, 0.25) is 10.0 Å². The van der Waals surface area contributed by atoms with Crippen molar-refractivity contribution >= 4 is 10.0 Å². The molecule has 0 aromatic heterocycles. The summed E-state index contributed by atoms with van der Waals surface area (Å²) in [6.45, 7) is 8.55. The summed E-state index contributed by atoms with van der Waals surface area (Å²) in [4.78, 5) is 0.242. The van der Waals surface area contributed by atoms with Crippen molar-refractivity contribution in [3.05, 3.63) is 83.1 Å². The zero-order chi connectivity index (χ0) is 20.6. The molecule has 0 heterocycles. The summed E-state index contributed by atoms with van der Waals surface area (Å²) in [6.07, 6.45) is 1.93. The molecule has 0 saturated heterocycles. The minimum atomic E-state index is -3.66. The largest absolute Gasteiger partial charge is 0.375 e. The summed E-state index contributed by atoms with van der Waals surface area (Å²) < 4.78 is 34.2. The lowest BCUT2D eigenvalue weighted by Gasteiger charge is -2.19. The number of ether oxygens (including phenoxy) is 1. The molecule has 2 aromatic carbocycles. The lowest BCUT2D eigenvalue weighted by Crippen LogP contribution is -2.39. The van der Waals surface area contributed by atoms with Gasteiger partial charge in [0, 0.05) is 0 Å². The molecule has 2 aromatic rings. The van der Waals surface area contributed by atoms with E-state index >= 15 is 0 Å². The van der Waals surface area contributed by atoms with E-state index in [2.05, 4.69) is 24.3 Å². The van der Waals surface area contributed by atoms with Gasteiger partial charge in [-0.15, -0.1) is 5.73 Å². The maximum absolute atomic E-state index is 12.8. The normalized spacial score (nSPS) is 12.5. The summed E-state index contributed by atoms with van der Waals surface area (Å²) in [5.74, 6) is 0.328. The first-order valence-corrected chi connectivity index (χ1v) is 10.9. The lowest BCUT2D eigenvalue weighted by atomic mass is 10.1. The Kier molecular flexibility index (Phi) is 8.21. The van der Waals surface area contributed by atoms with Gasteiger partial charge in [0.25, 0.3) is 0 Å². The highest BCUT2D eigenvalue weighted by Crippen LogP contribution is 2.13. The highest BCUT2D eigenvalue weighted by Gasteiger charge is 2.21. The quantitative estimate of drug-likeness (QED) is 0.626. The molecule has 2 rings (SSSR count). The fraction of sp³-hybridized carbons (Fsp3) is 0.348. The van der Waals surface area contributed by atoms with Crippen molar-refractivity contribution in [1.29, 1.82) is 0 Å². The van der Waals surface area contributed by atoms with Crippen LogP contribution in [0.2, 0.25) is 0 Å². The van der Waals surface area contributed by atoms with Gasteiger partial charge >= 0.3 is 0 Å². The highest BCUT2D eigenvalue weighted by molar-refractivity contribution is 7.89. The maximum atomic E-state index is 12.8. The van der Waals surface area contributed by atoms with Gasteiger partial charge in [0.05, 0.1) is 24.2 Å². The van der Waals surface area contributed by atoms with Crippen LogP contribution in [0.25, 0.3) is 0 Å². The van der Waals surface area contributed by atoms with E-state index in [-0.39, 0.29) is 11.5 Å². The van der Waals surface area contributed by atoms with Crippen molar-refractivity contribution < 1.29 is 13.2 Å². The molecule has 0 spiro atoms. The molecule has 0 fully saturated rings. The molecule has 150 valence electrons. The summed E-state index contributed by atoms with van der Waals surface area (Å²) in [6, 6.07) is 16.1. The van der Waals surface area contributed by atoms with Crippen LogP contribution >= 0.6 is 0 Å². The Hall–Kier alpha value is -2.17. The van der Waals surface area contributed by atoms with Crippen LogP contribution in [-0.4, -0.2) is 21.1 Å². The second-order valence-electron chi connectivity index (χ2n) is 7.23. The van der Waals surface area contributed by atoms with Gasteiger partial charge in [-0.1, -0.05) is 61.9 Å².